The van der Waals surface area contributed by atoms with Crippen LogP contribution in [-0.4, -0.2) is 35.2 Å². The van der Waals surface area contributed by atoms with E-state index in [0.29, 0.717) is 23.4 Å². The Kier molecular flexibility index (Phi) is 7.43. The van der Waals surface area contributed by atoms with Crippen molar-refractivity contribution in [1.29, 1.82) is 0 Å². The van der Waals surface area contributed by atoms with E-state index in [2.05, 4.69) is 17.6 Å². The van der Waals surface area contributed by atoms with Crippen molar-refractivity contribution in [3.8, 4) is 0 Å². The number of hydrogen-bond donors (Lipinski definition) is 2. The Labute approximate surface area is 195 Å². The van der Waals surface area contributed by atoms with Gasteiger partial charge in [-0.3, -0.25) is 14.4 Å². The standard InChI is InChI=1S/C27H33N3O3/c1-19-6-4-5-17-30(19)27(33)23-13-15-24(16-14-23)29-26(32)22-11-9-20(10-12-22)18-28-25(31)21-7-2-3-8-21/h9-16,19,21H,2-8,17-18H2,1H3,(H,28,31)(H,29,32). The molecule has 33 heavy (non-hydrogen) atoms. The first-order valence-corrected chi connectivity index (χ1v) is 12.1. The molecule has 1 heterocycles. The van der Waals surface area contributed by atoms with E-state index in [0.717, 1.165) is 50.6 Å². The molecule has 174 valence electrons. The van der Waals surface area contributed by atoms with Gasteiger partial charge in [-0.05, 0) is 81.0 Å². The van der Waals surface area contributed by atoms with Gasteiger partial charge in [0, 0.05) is 41.9 Å². The van der Waals surface area contributed by atoms with Crippen LogP contribution >= 0.6 is 0 Å². The summed E-state index contributed by atoms with van der Waals surface area (Å²) in [5, 5.41) is 5.89. The molecule has 0 spiro atoms. The number of amides is 3. The highest BCUT2D eigenvalue weighted by molar-refractivity contribution is 6.04. The number of nitrogens with one attached hydrogen (secondary N) is 2. The first kappa shape index (κ1) is 23.0. The molecule has 2 aliphatic rings. The molecule has 0 bridgehead atoms. The molecule has 2 aromatic carbocycles. The SMILES string of the molecule is CC1CCCCN1C(=O)c1ccc(NC(=O)c2ccc(CNC(=O)C3CCCC3)cc2)cc1. The fraction of sp³-hybridized carbons (Fsp3) is 0.444. The van der Waals surface area contributed by atoms with Crippen LogP contribution in [0.5, 0.6) is 0 Å². The van der Waals surface area contributed by atoms with Crippen LogP contribution in [0.2, 0.25) is 0 Å². The number of anilines is 1. The summed E-state index contributed by atoms with van der Waals surface area (Å²) in [6, 6.07) is 14.6. The number of hydrogen-bond acceptors (Lipinski definition) is 3. The predicted octanol–water partition coefficient (Wildman–Crippen LogP) is 4.76. The molecule has 2 N–H and O–H groups in total. The average molecular weight is 448 g/mol. The van der Waals surface area contributed by atoms with Crippen LogP contribution < -0.4 is 10.6 Å². The van der Waals surface area contributed by atoms with Gasteiger partial charge in [-0.25, -0.2) is 0 Å². The lowest BCUT2D eigenvalue weighted by Gasteiger charge is -2.33. The maximum atomic E-state index is 12.8. The average Bonchev–Trinajstić information content (AvgIpc) is 3.38. The number of benzene rings is 2. The second-order valence-electron chi connectivity index (χ2n) is 9.27. The molecule has 1 saturated heterocycles. The van der Waals surface area contributed by atoms with Gasteiger partial charge in [0.25, 0.3) is 11.8 Å². The maximum absolute atomic E-state index is 12.8. The van der Waals surface area contributed by atoms with Gasteiger partial charge in [-0.1, -0.05) is 25.0 Å². The van der Waals surface area contributed by atoms with Crippen molar-refractivity contribution >= 4 is 23.4 Å². The van der Waals surface area contributed by atoms with Crippen LogP contribution in [0.4, 0.5) is 5.69 Å². The van der Waals surface area contributed by atoms with Gasteiger partial charge in [0.15, 0.2) is 0 Å². The summed E-state index contributed by atoms with van der Waals surface area (Å²) >= 11 is 0. The van der Waals surface area contributed by atoms with Gasteiger partial charge in [-0.2, -0.15) is 0 Å². The summed E-state index contributed by atoms with van der Waals surface area (Å²) in [7, 11) is 0. The number of carbonyl (C=O) groups excluding carboxylic acids is 3. The van der Waals surface area contributed by atoms with Crippen molar-refractivity contribution in [2.24, 2.45) is 5.92 Å². The highest BCUT2D eigenvalue weighted by Crippen LogP contribution is 2.25. The van der Waals surface area contributed by atoms with Crippen molar-refractivity contribution in [2.75, 3.05) is 11.9 Å². The first-order chi connectivity index (χ1) is 16.0. The summed E-state index contributed by atoms with van der Waals surface area (Å²) in [5.74, 6) is 0.127. The van der Waals surface area contributed by atoms with E-state index in [9.17, 15) is 14.4 Å². The minimum atomic E-state index is -0.208. The van der Waals surface area contributed by atoms with E-state index in [1.54, 1.807) is 36.4 Å². The van der Waals surface area contributed by atoms with E-state index < -0.39 is 0 Å². The Morgan fingerprint density at radius 2 is 1.48 bits per heavy atom. The Morgan fingerprint density at radius 3 is 2.15 bits per heavy atom. The Hall–Kier alpha value is -3.15. The summed E-state index contributed by atoms with van der Waals surface area (Å²) in [6.07, 6.45) is 7.51. The van der Waals surface area contributed by atoms with Crippen molar-refractivity contribution in [3.05, 3.63) is 65.2 Å². The minimum absolute atomic E-state index is 0.0516. The Bertz CT molecular complexity index is 979. The second-order valence-corrected chi connectivity index (χ2v) is 9.27. The Balaban J connectivity index is 1.29. The highest BCUT2D eigenvalue weighted by atomic mass is 16.2. The molecule has 4 rings (SSSR count). The molecule has 6 heteroatoms. The molecular formula is C27H33N3O3. The largest absolute Gasteiger partial charge is 0.352 e. The van der Waals surface area contributed by atoms with Crippen LogP contribution in [0.15, 0.2) is 48.5 Å². The van der Waals surface area contributed by atoms with Crippen molar-refractivity contribution < 1.29 is 14.4 Å². The number of piperidine rings is 1. The fourth-order valence-corrected chi connectivity index (χ4v) is 4.76. The van der Waals surface area contributed by atoms with Crippen LogP contribution in [-0.2, 0) is 11.3 Å². The Morgan fingerprint density at radius 1 is 0.848 bits per heavy atom. The third-order valence-electron chi connectivity index (χ3n) is 6.86. The second kappa shape index (κ2) is 10.6. The highest BCUT2D eigenvalue weighted by Gasteiger charge is 2.24. The van der Waals surface area contributed by atoms with E-state index >= 15 is 0 Å². The molecule has 1 unspecified atom stereocenters. The number of carbonyl (C=O) groups is 3. The predicted molar refractivity (Wildman–Crippen MR) is 129 cm³/mol. The number of nitrogens with zero attached hydrogens (tertiary/aromatic N) is 1. The van der Waals surface area contributed by atoms with Gasteiger partial charge in [0.1, 0.15) is 0 Å². The topological polar surface area (TPSA) is 78.5 Å². The van der Waals surface area contributed by atoms with Crippen molar-refractivity contribution in [3.63, 3.8) is 0 Å². The van der Waals surface area contributed by atoms with Crippen LogP contribution in [0.25, 0.3) is 0 Å². The van der Waals surface area contributed by atoms with E-state index in [1.165, 1.54) is 6.42 Å². The third kappa shape index (κ3) is 5.81. The van der Waals surface area contributed by atoms with Gasteiger partial charge < -0.3 is 15.5 Å². The van der Waals surface area contributed by atoms with E-state index in [1.807, 2.05) is 17.0 Å². The zero-order valence-electron chi connectivity index (χ0n) is 19.3. The molecular weight excluding hydrogens is 414 g/mol. The van der Waals surface area contributed by atoms with Crippen LogP contribution in [0.1, 0.15) is 78.1 Å². The molecule has 0 aromatic heterocycles. The minimum Gasteiger partial charge on any atom is -0.352 e. The van der Waals surface area contributed by atoms with E-state index in [-0.39, 0.29) is 29.7 Å². The lowest BCUT2D eigenvalue weighted by Crippen LogP contribution is -2.42. The molecule has 1 atom stereocenters. The van der Waals surface area contributed by atoms with Gasteiger partial charge in [-0.15, -0.1) is 0 Å². The summed E-state index contributed by atoms with van der Waals surface area (Å²) in [6.45, 7) is 3.38. The van der Waals surface area contributed by atoms with Crippen molar-refractivity contribution in [1.82, 2.24) is 10.2 Å². The molecule has 2 aromatic rings. The zero-order chi connectivity index (χ0) is 23.2. The maximum Gasteiger partial charge on any atom is 0.255 e. The monoisotopic (exact) mass is 447 g/mol. The zero-order valence-corrected chi connectivity index (χ0v) is 19.3. The first-order valence-electron chi connectivity index (χ1n) is 12.1. The molecule has 0 radical (unpaired) electrons. The normalized spacial score (nSPS) is 18.7. The van der Waals surface area contributed by atoms with Gasteiger partial charge in [0.2, 0.25) is 5.91 Å². The number of rotatable bonds is 6. The van der Waals surface area contributed by atoms with Crippen molar-refractivity contribution in [2.45, 2.75) is 64.5 Å². The van der Waals surface area contributed by atoms with Gasteiger partial charge in [0.05, 0.1) is 0 Å². The van der Waals surface area contributed by atoms with Crippen LogP contribution in [0.3, 0.4) is 0 Å². The third-order valence-corrected chi connectivity index (χ3v) is 6.86. The van der Waals surface area contributed by atoms with Crippen LogP contribution in [0, 0.1) is 5.92 Å². The summed E-state index contributed by atoms with van der Waals surface area (Å²) < 4.78 is 0. The number of likely N-dealkylation sites (tertiary alicyclic amines) is 1. The smallest absolute Gasteiger partial charge is 0.255 e. The fourth-order valence-electron chi connectivity index (χ4n) is 4.76. The molecule has 6 nitrogen and oxygen atoms in total. The molecule has 1 saturated carbocycles. The molecule has 1 aliphatic heterocycles. The molecule has 2 fully saturated rings. The molecule has 1 aliphatic carbocycles. The lowest BCUT2D eigenvalue weighted by molar-refractivity contribution is -0.124. The summed E-state index contributed by atoms with van der Waals surface area (Å²) in [5.41, 5.74) is 2.80. The molecule has 3 amide bonds. The summed E-state index contributed by atoms with van der Waals surface area (Å²) in [4.78, 5) is 39.5. The quantitative estimate of drug-likeness (QED) is 0.670. The lowest BCUT2D eigenvalue weighted by atomic mass is 10.0. The van der Waals surface area contributed by atoms with Gasteiger partial charge >= 0.3 is 0 Å². The van der Waals surface area contributed by atoms with E-state index in [4.69, 9.17) is 0 Å².